The van der Waals surface area contributed by atoms with Crippen molar-refractivity contribution in [2.45, 2.75) is 71.0 Å². The molecule has 0 spiro atoms. The summed E-state index contributed by atoms with van der Waals surface area (Å²) in [6, 6.07) is 2.50. The molecule has 1 fully saturated rings. The lowest BCUT2D eigenvalue weighted by Crippen LogP contribution is -2.36. The van der Waals surface area contributed by atoms with Gasteiger partial charge in [-0.1, -0.05) is 6.92 Å². The molecule has 3 heterocycles. The first-order chi connectivity index (χ1) is 17.6. The third-order valence-electron chi connectivity index (χ3n) is 6.73. The zero-order valence-corrected chi connectivity index (χ0v) is 22.9. The van der Waals surface area contributed by atoms with E-state index >= 15 is 0 Å². The number of anilines is 2. The zero-order valence-electron chi connectivity index (χ0n) is 22.1. The maximum atomic E-state index is 13.5. The van der Waals surface area contributed by atoms with E-state index in [4.69, 9.17) is 4.98 Å². The minimum Gasteiger partial charge on any atom is -0.351 e. The number of sulfonamides is 1. The van der Waals surface area contributed by atoms with Crippen molar-refractivity contribution in [1.82, 2.24) is 29.4 Å². The smallest absolute Gasteiger partial charge is 0.260 e. The van der Waals surface area contributed by atoms with Crippen molar-refractivity contribution in [2.75, 3.05) is 29.9 Å². The van der Waals surface area contributed by atoms with E-state index in [1.807, 2.05) is 13.8 Å². The van der Waals surface area contributed by atoms with Crippen LogP contribution in [0.15, 0.2) is 29.5 Å². The summed E-state index contributed by atoms with van der Waals surface area (Å²) in [4.78, 5) is 33.3. The molecule has 0 atom stereocenters. The van der Waals surface area contributed by atoms with Crippen LogP contribution in [0.1, 0.15) is 58.9 Å². The topological polar surface area (TPSA) is 135 Å². The summed E-state index contributed by atoms with van der Waals surface area (Å²) >= 11 is 0. The van der Waals surface area contributed by atoms with Crippen molar-refractivity contribution in [1.29, 1.82) is 0 Å². The maximum Gasteiger partial charge on any atom is 0.260 e. The Hall–Kier alpha value is -3.12. The van der Waals surface area contributed by atoms with Gasteiger partial charge in [-0.15, -0.1) is 0 Å². The number of hydrogen-bond acceptors (Lipinski definition) is 9. The van der Waals surface area contributed by atoms with E-state index in [1.165, 1.54) is 12.4 Å². The fourth-order valence-electron chi connectivity index (χ4n) is 4.77. The second-order valence-corrected chi connectivity index (χ2v) is 12.0. The molecule has 1 aliphatic rings. The lowest BCUT2D eigenvalue weighted by Gasteiger charge is -2.33. The summed E-state index contributed by atoms with van der Waals surface area (Å²) in [5.74, 6) is 0.478. The number of aromatic nitrogens is 5. The molecule has 0 radical (unpaired) electrons. The average Bonchev–Trinajstić information content (AvgIpc) is 2.84. The summed E-state index contributed by atoms with van der Waals surface area (Å²) in [6.45, 7) is 5.65. The van der Waals surface area contributed by atoms with Gasteiger partial charge in [0.25, 0.3) is 5.56 Å². The molecule has 200 valence electrons. The first kappa shape index (κ1) is 26.9. The molecule has 3 aromatic rings. The van der Waals surface area contributed by atoms with Crippen LogP contribution in [0.5, 0.6) is 0 Å². The predicted molar refractivity (Wildman–Crippen MR) is 146 cm³/mol. The highest BCUT2D eigenvalue weighted by molar-refractivity contribution is 7.92. The van der Waals surface area contributed by atoms with Gasteiger partial charge in [0.05, 0.1) is 11.3 Å². The van der Waals surface area contributed by atoms with E-state index in [0.29, 0.717) is 41.2 Å². The molecule has 1 aliphatic carbocycles. The first-order valence-electron chi connectivity index (χ1n) is 12.8. The minimum atomic E-state index is -3.50. The number of rotatable bonds is 9. The van der Waals surface area contributed by atoms with Crippen LogP contribution in [0.2, 0.25) is 0 Å². The van der Waals surface area contributed by atoms with Gasteiger partial charge < -0.3 is 10.2 Å². The van der Waals surface area contributed by atoms with Crippen LogP contribution >= 0.6 is 0 Å². The van der Waals surface area contributed by atoms with Gasteiger partial charge >= 0.3 is 0 Å². The number of nitrogens with one attached hydrogen (secondary N) is 2. The maximum absolute atomic E-state index is 13.5. The van der Waals surface area contributed by atoms with Crippen LogP contribution in [0.25, 0.3) is 22.2 Å². The SMILES string of the molecule is CCCS(=O)(=O)Nc1ncc(-c2cc3cnc(NC4CCC(N(C)C)CC4)nc3n(C(C)C)c2=O)cn1. The van der Waals surface area contributed by atoms with Gasteiger partial charge in [0.15, 0.2) is 0 Å². The van der Waals surface area contributed by atoms with Crippen LogP contribution in [-0.2, 0) is 10.0 Å². The fraction of sp³-hybridized carbons (Fsp3) is 0.560. The van der Waals surface area contributed by atoms with Crippen LogP contribution < -0.4 is 15.6 Å². The molecular formula is C25H36N8O3S. The van der Waals surface area contributed by atoms with Crippen molar-refractivity contribution in [3.05, 3.63) is 35.0 Å². The average molecular weight is 529 g/mol. The Kier molecular flexibility index (Phi) is 8.08. The largest absolute Gasteiger partial charge is 0.351 e. The van der Waals surface area contributed by atoms with Crippen molar-refractivity contribution in [3.8, 4) is 11.1 Å². The lowest BCUT2D eigenvalue weighted by atomic mass is 9.91. The first-order valence-corrected chi connectivity index (χ1v) is 14.4. The van der Waals surface area contributed by atoms with Crippen molar-refractivity contribution < 1.29 is 8.42 Å². The van der Waals surface area contributed by atoms with E-state index in [-0.39, 0.29) is 23.3 Å². The molecular weight excluding hydrogens is 492 g/mol. The molecule has 0 amide bonds. The second-order valence-electron chi connectivity index (χ2n) is 10.1. The third-order valence-corrected chi connectivity index (χ3v) is 8.17. The molecule has 37 heavy (non-hydrogen) atoms. The summed E-state index contributed by atoms with van der Waals surface area (Å²) < 4.78 is 28.0. The fourth-order valence-corrected chi connectivity index (χ4v) is 5.80. The number of hydrogen-bond donors (Lipinski definition) is 2. The monoisotopic (exact) mass is 528 g/mol. The Morgan fingerprint density at radius 3 is 2.30 bits per heavy atom. The molecule has 3 aromatic heterocycles. The number of fused-ring (bicyclic) bond motifs is 1. The summed E-state index contributed by atoms with van der Waals surface area (Å²) in [5.41, 5.74) is 1.23. The zero-order chi connectivity index (χ0) is 26.7. The van der Waals surface area contributed by atoms with Crippen LogP contribution in [0.3, 0.4) is 0 Å². The molecule has 0 aromatic carbocycles. The van der Waals surface area contributed by atoms with Crippen LogP contribution in [-0.4, -0.2) is 69.8 Å². The van der Waals surface area contributed by atoms with E-state index in [2.05, 4.69) is 44.0 Å². The molecule has 0 bridgehead atoms. The highest BCUT2D eigenvalue weighted by Gasteiger charge is 2.23. The summed E-state index contributed by atoms with van der Waals surface area (Å²) in [5, 5.41) is 4.19. The minimum absolute atomic E-state index is 0.0178. The molecule has 11 nitrogen and oxygen atoms in total. The van der Waals surface area contributed by atoms with E-state index in [9.17, 15) is 13.2 Å². The van der Waals surface area contributed by atoms with Crippen molar-refractivity contribution in [2.24, 2.45) is 0 Å². The van der Waals surface area contributed by atoms with Gasteiger partial charge in [-0.25, -0.2) is 23.4 Å². The Balaban J connectivity index is 1.62. The Labute approximate surface area is 217 Å². The van der Waals surface area contributed by atoms with Gasteiger partial charge in [0.2, 0.25) is 21.9 Å². The van der Waals surface area contributed by atoms with E-state index in [1.54, 1.807) is 23.8 Å². The highest BCUT2D eigenvalue weighted by Crippen LogP contribution is 2.26. The Bertz CT molecular complexity index is 1400. The quantitative estimate of drug-likeness (QED) is 0.429. The van der Waals surface area contributed by atoms with Crippen LogP contribution in [0.4, 0.5) is 11.9 Å². The number of pyridine rings is 1. The number of nitrogens with zero attached hydrogens (tertiary/aromatic N) is 6. The predicted octanol–water partition coefficient (Wildman–Crippen LogP) is 3.27. The lowest BCUT2D eigenvalue weighted by molar-refractivity contribution is 0.221. The Morgan fingerprint density at radius 1 is 1.05 bits per heavy atom. The molecule has 0 unspecified atom stereocenters. The van der Waals surface area contributed by atoms with Crippen molar-refractivity contribution in [3.63, 3.8) is 0 Å². The van der Waals surface area contributed by atoms with Gasteiger partial charge in [-0.2, -0.15) is 4.98 Å². The Morgan fingerprint density at radius 2 is 1.70 bits per heavy atom. The van der Waals surface area contributed by atoms with Gasteiger partial charge in [-0.3, -0.25) is 14.1 Å². The summed E-state index contributed by atoms with van der Waals surface area (Å²) in [6.07, 6.45) is 9.45. The highest BCUT2D eigenvalue weighted by atomic mass is 32.2. The molecule has 1 saturated carbocycles. The standard InChI is InChI=1S/C25H36N8O3S/c1-6-11-37(35,36)31-24-26-14-18(15-27-24)21-12-17-13-28-25(30-22(17)33(16(2)3)23(21)34)29-19-7-9-20(10-8-19)32(4)5/h12-16,19-20H,6-11H2,1-5H3,(H,26,27,31)(H,28,29,30). The normalized spacial score (nSPS) is 18.5. The molecule has 2 N–H and O–H groups in total. The third kappa shape index (κ3) is 6.24. The van der Waals surface area contributed by atoms with E-state index in [0.717, 1.165) is 31.1 Å². The van der Waals surface area contributed by atoms with Crippen molar-refractivity contribution >= 4 is 33.0 Å². The second kappa shape index (κ2) is 11.1. The molecule has 4 rings (SSSR count). The van der Waals surface area contributed by atoms with Gasteiger partial charge in [0.1, 0.15) is 5.65 Å². The van der Waals surface area contributed by atoms with Gasteiger partial charge in [-0.05, 0) is 66.1 Å². The van der Waals surface area contributed by atoms with Gasteiger partial charge in [0, 0.05) is 47.7 Å². The van der Waals surface area contributed by atoms with Crippen LogP contribution in [0, 0.1) is 0 Å². The molecule has 0 saturated heterocycles. The molecule has 0 aliphatic heterocycles. The summed E-state index contributed by atoms with van der Waals surface area (Å²) in [7, 11) is 0.745. The van der Waals surface area contributed by atoms with E-state index < -0.39 is 10.0 Å². The molecule has 12 heteroatoms.